The van der Waals surface area contributed by atoms with Crippen molar-refractivity contribution in [2.75, 3.05) is 0 Å². The molecule has 0 N–H and O–H groups in total. The van der Waals surface area contributed by atoms with Gasteiger partial charge in [-0.05, 0) is 18.1 Å². The van der Waals surface area contributed by atoms with E-state index in [1.807, 2.05) is 24.3 Å². The molecule has 2 aromatic rings. The van der Waals surface area contributed by atoms with Crippen molar-refractivity contribution >= 4 is 0 Å². The van der Waals surface area contributed by atoms with Gasteiger partial charge < -0.3 is 4.42 Å². The van der Waals surface area contributed by atoms with Crippen LogP contribution in [0.15, 0.2) is 46.9 Å². The van der Waals surface area contributed by atoms with Crippen LogP contribution in [0.2, 0.25) is 0 Å². The fourth-order valence-electron chi connectivity index (χ4n) is 1.65. The molecule has 1 heteroatoms. The highest BCUT2D eigenvalue weighted by Gasteiger charge is 2.05. The first-order valence-electron chi connectivity index (χ1n) is 5.40. The molecule has 1 nitrogen and oxygen atoms in total. The van der Waals surface area contributed by atoms with Crippen molar-refractivity contribution in [1.82, 2.24) is 0 Å². The molecular weight excluding hydrogens is 184 g/mol. The Labute approximate surface area is 90.7 Å². The SMILES string of the molecule is CC(C)Cc1ccc(-c2ccccc2)o1. The molecule has 0 saturated heterocycles. The number of hydrogen-bond donors (Lipinski definition) is 0. The summed E-state index contributed by atoms with van der Waals surface area (Å²) in [7, 11) is 0. The third-order valence-corrected chi connectivity index (χ3v) is 2.33. The second-order valence-electron chi connectivity index (χ2n) is 4.23. The molecule has 0 amide bonds. The van der Waals surface area contributed by atoms with E-state index in [-0.39, 0.29) is 0 Å². The van der Waals surface area contributed by atoms with Crippen LogP contribution in [0, 0.1) is 5.92 Å². The van der Waals surface area contributed by atoms with Crippen LogP contribution in [0.1, 0.15) is 19.6 Å². The minimum atomic E-state index is 0.639. The Bertz CT molecular complexity index is 412. The van der Waals surface area contributed by atoms with E-state index >= 15 is 0 Å². The largest absolute Gasteiger partial charge is 0.461 e. The third-order valence-electron chi connectivity index (χ3n) is 2.33. The Morgan fingerprint density at radius 1 is 1.00 bits per heavy atom. The first kappa shape index (κ1) is 10.0. The third kappa shape index (κ3) is 2.50. The summed E-state index contributed by atoms with van der Waals surface area (Å²) in [5, 5.41) is 0. The molecule has 0 spiro atoms. The summed E-state index contributed by atoms with van der Waals surface area (Å²) < 4.78 is 5.78. The topological polar surface area (TPSA) is 13.1 Å². The van der Waals surface area contributed by atoms with E-state index in [1.165, 1.54) is 0 Å². The van der Waals surface area contributed by atoms with Crippen LogP contribution in [0.5, 0.6) is 0 Å². The van der Waals surface area contributed by atoms with E-state index in [9.17, 15) is 0 Å². The zero-order chi connectivity index (χ0) is 10.7. The summed E-state index contributed by atoms with van der Waals surface area (Å²) in [6.45, 7) is 4.40. The summed E-state index contributed by atoms with van der Waals surface area (Å²) in [5.41, 5.74) is 1.15. The highest BCUT2D eigenvalue weighted by atomic mass is 16.3. The minimum absolute atomic E-state index is 0.639. The predicted octanol–water partition coefficient (Wildman–Crippen LogP) is 4.15. The fraction of sp³-hybridized carbons (Fsp3) is 0.286. The van der Waals surface area contributed by atoms with Crippen molar-refractivity contribution in [3.8, 4) is 11.3 Å². The lowest BCUT2D eigenvalue weighted by molar-refractivity contribution is 0.482. The molecule has 2 rings (SSSR count). The Hall–Kier alpha value is -1.50. The number of furan rings is 1. The van der Waals surface area contributed by atoms with E-state index in [0.717, 1.165) is 23.5 Å². The highest BCUT2D eigenvalue weighted by Crippen LogP contribution is 2.22. The summed E-state index contributed by atoms with van der Waals surface area (Å²) in [5.74, 6) is 2.68. The van der Waals surface area contributed by atoms with Crippen LogP contribution in [-0.4, -0.2) is 0 Å². The van der Waals surface area contributed by atoms with Gasteiger partial charge in [0, 0.05) is 12.0 Å². The molecule has 1 aromatic carbocycles. The molecule has 0 atom stereocenters. The van der Waals surface area contributed by atoms with E-state index in [2.05, 4.69) is 32.0 Å². The van der Waals surface area contributed by atoms with Crippen molar-refractivity contribution in [3.05, 3.63) is 48.2 Å². The van der Waals surface area contributed by atoms with E-state index < -0.39 is 0 Å². The molecule has 1 heterocycles. The average Bonchev–Trinajstić information content (AvgIpc) is 2.67. The predicted molar refractivity (Wildman–Crippen MR) is 62.7 cm³/mol. The van der Waals surface area contributed by atoms with Gasteiger partial charge in [0.1, 0.15) is 11.5 Å². The lowest BCUT2D eigenvalue weighted by atomic mass is 10.1. The van der Waals surface area contributed by atoms with Gasteiger partial charge in [-0.15, -0.1) is 0 Å². The zero-order valence-corrected chi connectivity index (χ0v) is 9.23. The molecule has 0 aliphatic carbocycles. The lowest BCUT2D eigenvalue weighted by Crippen LogP contribution is -1.90. The second-order valence-corrected chi connectivity index (χ2v) is 4.23. The smallest absolute Gasteiger partial charge is 0.134 e. The van der Waals surface area contributed by atoms with Gasteiger partial charge in [-0.1, -0.05) is 44.2 Å². The number of rotatable bonds is 3. The molecule has 1 aromatic heterocycles. The Balaban J connectivity index is 2.21. The van der Waals surface area contributed by atoms with Gasteiger partial charge in [0.2, 0.25) is 0 Å². The van der Waals surface area contributed by atoms with Crippen molar-refractivity contribution in [2.24, 2.45) is 5.92 Å². The Morgan fingerprint density at radius 2 is 1.73 bits per heavy atom. The number of benzene rings is 1. The second kappa shape index (κ2) is 4.35. The van der Waals surface area contributed by atoms with Gasteiger partial charge in [0.25, 0.3) is 0 Å². The molecular formula is C14H16O. The average molecular weight is 200 g/mol. The van der Waals surface area contributed by atoms with Crippen molar-refractivity contribution in [2.45, 2.75) is 20.3 Å². The summed E-state index contributed by atoms with van der Waals surface area (Å²) in [4.78, 5) is 0. The molecule has 15 heavy (non-hydrogen) atoms. The molecule has 0 aliphatic rings. The van der Waals surface area contributed by atoms with Gasteiger partial charge in [0.05, 0.1) is 0 Å². The van der Waals surface area contributed by atoms with Crippen LogP contribution in [0.25, 0.3) is 11.3 Å². The maximum absolute atomic E-state index is 5.78. The van der Waals surface area contributed by atoms with E-state index in [4.69, 9.17) is 4.42 Å². The monoisotopic (exact) mass is 200 g/mol. The normalized spacial score (nSPS) is 10.9. The maximum Gasteiger partial charge on any atom is 0.134 e. The van der Waals surface area contributed by atoms with Crippen molar-refractivity contribution < 1.29 is 4.42 Å². The first-order valence-corrected chi connectivity index (χ1v) is 5.40. The molecule has 0 fully saturated rings. The molecule has 0 aliphatic heterocycles. The molecule has 0 unspecified atom stereocenters. The Morgan fingerprint density at radius 3 is 2.40 bits per heavy atom. The molecule has 0 bridgehead atoms. The molecule has 78 valence electrons. The zero-order valence-electron chi connectivity index (χ0n) is 9.23. The maximum atomic E-state index is 5.78. The molecule has 0 saturated carbocycles. The van der Waals surface area contributed by atoms with Crippen LogP contribution in [0.4, 0.5) is 0 Å². The van der Waals surface area contributed by atoms with Crippen molar-refractivity contribution in [1.29, 1.82) is 0 Å². The summed E-state index contributed by atoms with van der Waals surface area (Å²) in [6.07, 6.45) is 1.01. The molecule has 0 radical (unpaired) electrons. The number of hydrogen-bond acceptors (Lipinski definition) is 1. The van der Waals surface area contributed by atoms with Gasteiger partial charge >= 0.3 is 0 Å². The van der Waals surface area contributed by atoms with Gasteiger partial charge in [0.15, 0.2) is 0 Å². The van der Waals surface area contributed by atoms with Crippen LogP contribution < -0.4 is 0 Å². The van der Waals surface area contributed by atoms with Crippen LogP contribution >= 0.6 is 0 Å². The quantitative estimate of drug-likeness (QED) is 0.725. The summed E-state index contributed by atoms with van der Waals surface area (Å²) >= 11 is 0. The van der Waals surface area contributed by atoms with Crippen LogP contribution in [-0.2, 0) is 6.42 Å². The fourth-order valence-corrected chi connectivity index (χ4v) is 1.65. The van der Waals surface area contributed by atoms with E-state index in [0.29, 0.717) is 5.92 Å². The highest BCUT2D eigenvalue weighted by molar-refractivity contribution is 5.57. The minimum Gasteiger partial charge on any atom is -0.461 e. The van der Waals surface area contributed by atoms with Gasteiger partial charge in [-0.2, -0.15) is 0 Å². The standard InChI is InChI=1S/C14H16O/c1-11(2)10-13-8-9-14(15-13)12-6-4-3-5-7-12/h3-9,11H,10H2,1-2H3. The first-order chi connectivity index (χ1) is 7.25. The van der Waals surface area contributed by atoms with E-state index in [1.54, 1.807) is 0 Å². The van der Waals surface area contributed by atoms with Crippen molar-refractivity contribution in [3.63, 3.8) is 0 Å². The van der Waals surface area contributed by atoms with Gasteiger partial charge in [-0.25, -0.2) is 0 Å². The summed E-state index contributed by atoms with van der Waals surface area (Å²) in [6, 6.07) is 14.3. The van der Waals surface area contributed by atoms with Gasteiger partial charge in [-0.3, -0.25) is 0 Å². The lowest BCUT2D eigenvalue weighted by Gasteiger charge is -2.00. The van der Waals surface area contributed by atoms with Crippen LogP contribution in [0.3, 0.4) is 0 Å². The Kier molecular flexibility index (Phi) is 2.91.